The summed E-state index contributed by atoms with van der Waals surface area (Å²) in [4.78, 5) is 10.8. The lowest BCUT2D eigenvalue weighted by atomic mass is 10.3. The van der Waals surface area contributed by atoms with Gasteiger partial charge in [-0.2, -0.15) is 0 Å². The molecular formula is C9H13NO6S2. The van der Waals surface area contributed by atoms with E-state index in [9.17, 15) is 13.2 Å². The minimum absolute atomic E-state index is 0.0556. The van der Waals surface area contributed by atoms with E-state index in [2.05, 4.69) is 4.72 Å². The second-order valence-electron chi connectivity index (χ2n) is 3.57. The van der Waals surface area contributed by atoms with Gasteiger partial charge in [0.2, 0.25) is 10.0 Å². The van der Waals surface area contributed by atoms with Crippen LogP contribution in [0, 0.1) is 6.92 Å². The van der Waals surface area contributed by atoms with Crippen molar-refractivity contribution < 1.29 is 28.5 Å². The van der Waals surface area contributed by atoms with Crippen LogP contribution in [0.4, 0.5) is 0 Å². The number of sulfonamides is 1. The molecule has 7 nitrogen and oxygen atoms in total. The summed E-state index contributed by atoms with van der Waals surface area (Å²) in [6, 6.07) is 0.230. The summed E-state index contributed by atoms with van der Waals surface area (Å²) in [5, 5.41) is 26.4. The van der Waals surface area contributed by atoms with E-state index in [1.807, 2.05) is 0 Å². The van der Waals surface area contributed by atoms with E-state index in [4.69, 9.17) is 15.3 Å². The van der Waals surface area contributed by atoms with E-state index >= 15 is 0 Å². The number of carboxylic acid groups (broad SMARTS) is 1. The molecule has 18 heavy (non-hydrogen) atoms. The molecular weight excluding hydrogens is 282 g/mol. The first kappa shape index (κ1) is 15.1. The van der Waals surface area contributed by atoms with Crippen molar-refractivity contribution in [2.75, 3.05) is 13.2 Å². The first-order valence-electron chi connectivity index (χ1n) is 4.89. The fourth-order valence-electron chi connectivity index (χ4n) is 1.21. The Labute approximate surface area is 108 Å². The van der Waals surface area contributed by atoms with Gasteiger partial charge in [0.25, 0.3) is 0 Å². The molecule has 1 aromatic heterocycles. The van der Waals surface area contributed by atoms with Crippen LogP contribution < -0.4 is 4.72 Å². The first-order chi connectivity index (χ1) is 8.31. The Balaban J connectivity index is 3.06. The van der Waals surface area contributed by atoms with Crippen LogP contribution in [-0.4, -0.2) is 49.0 Å². The van der Waals surface area contributed by atoms with Crippen molar-refractivity contribution in [3.05, 3.63) is 16.5 Å². The zero-order valence-electron chi connectivity index (χ0n) is 9.45. The Kier molecular flexibility index (Phi) is 4.82. The number of carboxylic acids is 1. The van der Waals surface area contributed by atoms with Crippen LogP contribution in [0.3, 0.4) is 0 Å². The van der Waals surface area contributed by atoms with E-state index in [0.29, 0.717) is 16.9 Å². The summed E-state index contributed by atoms with van der Waals surface area (Å²) in [5.74, 6) is -1.19. The third-order valence-corrected chi connectivity index (χ3v) is 5.34. The molecule has 0 aliphatic heterocycles. The zero-order valence-corrected chi connectivity index (χ0v) is 11.1. The molecule has 0 saturated heterocycles. The van der Waals surface area contributed by atoms with Crippen molar-refractivity contribution in [3.63, 3.8) is 0 Å². The molecule has 0 unspecified atom stereocenters. The maximum atomic E-state index is 11.8. The lowest BCUT2D eigenvalue weighted by Gasteiger charge is -2.12. The van der Waals surface area contributed by atoms with Crippen LogP contribution in [0.5, 0.6) is 0 Å². The van der Waals surface area contributed by atoms with E-state index in [-0.39, 0.29) is 9.09 Å². The van der Waals surface area contributed by atoms with Gasteiger partial charge in [-0.15, -0.1) is 11.3 Å². The molecule has 0 amide bonds. The van der Waals surface area contributed by atoms with Crippen LogP contribution in [0.25, 0.3) is 0 Å². The van der Waals surface area contributed by atoms with E-state index in [0.717, 1.165) is 0 Å². The van der Waals surface area contributed by atoms with Crippen molar-refractivity contribution in [3.8, 4) is 0 Å². The zero-order chi connectivity index (χ0) is 13.9. The largest absolute Gasteiger partial charge is 0.477 e. The average molecular weight is 295 g/mol. The van der Waals surface area contributed by atoms with Crippen LogP contribution >= 0.6 is 11.3 Å². The second-order valence-corrected chi connectivity index (χ2v) is 6.56. The molecule has 0 atom stereocenters. The number of nitrogens with one attached hydrogen (secondary N) is 1. The number of hydrogen-bond acceptors (Lipinski definition) is 6. The highest BCUT2D eigenvalue weighted by molar-refractivity contribution is 7.91. The van der Waals surface area contributed by atoms with Crippen LogP contribution in [0.1, 0.15) is 15.2 Å². The molecule has 4 N–H and O–H groups in total. The number of thiophene rings is 1. The Morgan fingerprint density at radius 2 is 2.00 bits per heavy atom. The predicted molar refractivity (Wildman–Crippen MR) is 64.3 cm³/mol. The van der Waals surface area contributed by atoms with Gasteiger partial charge in [-0.25, -0.2) is 17.9 Å². The Morgan fingerprint density at radius 3 is 2.39 bits per heavy atom. The summed E-state index contributed by atoms with van der Waals surface area (Å²) in [6.45, 7) is 0.395. The number of aromatic carboxylic acids is 1. The minimum Gasteiger partial charge on any atom is -0.477 e. The molecule has 1 heterocycles. The van der Waals surface area contributed by atoms with Crippen LogP contribution in [0.15, 0.2) is 10.3 Å². The van der Waals surface area contributed by atoms with Gasteiger partial charge in [0.1, 0.15) is 9.09 Å². The maximum absolute atomic E-state index is 11.8. The summed E-state index contributed by atoms with van der Waals surface area (Å²) in [7, 11) is -3.93. The normalized spacial score (nSPS) is 12.0. The number of aliphatic hydroxyl groups is 2. The smallest absolute Gasteiger partial charge is 0.346 e. The monoisotopic (exact) mass is 295 g/mol. The van der Waals surface area contributed by atoms with Gasteiger partial charge in [-0.05, 0) is 18.6 Å². The fourth-order valence-corrected chi connectivity index (χ4v) is 3.82. The highest BCUT2D eigenvalue weighted by Crippen LogP contribution is 2.25. The van der Waals surface area contributed by atoms with E-state index in [1.165, 1.54) is 13.0 Å². The molecule has 0 spiro atoms. The van der Waals surface area contributed by atoms with Crippen LogP contribution in [0.2, 0.25) is 0 Å². The molecule has 102 valence electrons. The van der Waals surface area contributed by atoms with Gasteiger partial charge in [-0.1, -0.05) is 0 Å². The molecule has 0 bridgehead atoms. The molecule has 9 heteroatoms. The van der Waals surface area contributed by atoms with Gasteiger partial charge in [-0.3, -0.25) is 0 Å². The lowest BCUT2D eigenvalue weighted by molar-refractivity contribution is 0.0701. The molecule has 0 fully saturated rings. The molecule has 0 saturated carbocycles. The summed E-state index contributed by atoms with van der Waals surface area (Å²) in [6.07, 6.45) is 0. The van der Waals surface area contributed by atoms with Crippen molar-refractivity contribution in [2.45, 2.75) is 17.2 Å². The highest BCUT2D eigenvalue weighted by Gasteiger charge is 2.24. The number of hydrogen-bond donors (Lipinski definition) is 4. The number of aryl methyl sites for hydroxylation is 1. The molecule has 0 aromatic carbocycles. The third kappa shape index (κ3) is 3.27. The van der Waals surface area contributed by atoms with Crippen molar-refractivity contribution >= 4 is 27.3 Å². The van der Waals surface area contributed by atoms with E-state index in [1.54, 1.807) is 0 Å². The first-order valence-corrected chi connectivity index (χ1v) is 7.19. The maximum Gasteiger partial charge on any atom is 0.346 e. The quantitative estimate of drug-likeness (QED) is 0.555. The third-order valence-electron chi connectivity index (χ3n) is 2.12. The Hall–Kier alpha value is -1.00. The standard InChI is InChI=1S/C9H13NO6S2/c1-5-2-7(17-8(5)9(13)14)18(15,16)10-6(3-11)4-12/h2,6,10-12H,3-4H2,1H3,(H,13,14). The summed E-state index contributed by atoms with van der Waals surface area (Å²) >= 11 is 0.624. The number of aliphatic hydroxyl groups excluding tert-OH is 2. The van der Waals surface area contributed by atoms with Gasteiger partial charge in [0.05, 0.1) is 19.3 Å². The molecule has 1 aromatic rings. The van der Waals surface area contributed by atoms with Crippen molar-refractivity contribution in [1.82, 2.24) is 4.72 Å². The van der Waals surface area contributed by atoms with Gasteiger partial charge in [0, 0.05) is 0 Å². The molecule has 0 radical (unpaired) electrons. The summed E-state index contributed by atoms with van der Waals surface area (Å²) < 4.78 is 25.6. The van der Waals surface area contributed by atoms with Gasteiger partial charge >= 0.3 is 5.97 Å². The second kappa shape index (κ2) is 5.76. The van der Waals surface area contributed by atoms with Crippen LogP contribution in [-0.2, 0) is 10.0 Å². The molecule has 1 rings (SSSR count). The van der Waals surface area contributed by atoms with Crippen molar-refractivity contribution in [1.29, 1.82) is 0 Å². The predicted octanol–water partition coefficient (Wildman–Crippen LogP) is -0.614. The SMILES string of the molecule is Cc1cc(S(=O)(=O)NC(CO)CO)sc1C(=O)O. The van der Waals surface area contributed by atoms with Crippen molar-refractivity contribution in [2.24, 2.45) is 0 Å². The Morgan fingerprint density at radius 1 is 1.44 bits per heavy atom. The molecule has 0 aliphatic carbocycles. The average Bonchev–Trinajstić information content (AvgIpc) is 2.69. The van der Waals surface area contributed by atoms with Gasteiger partial charge < -0.3 is 15.3 Å². The summed E-state index contributed by atoms with van der Waals surface area (Å²) in [5.41, 5.74) is 0.345. The minimum atomic E-state index is -3.93. The number of carbonyl (C=O) groups is 1. The van der Waals surface area contributed by atoms with Gasteiger partial charge in [0.15, 0.2) is 0 Å². The molecule has 0 aliphatic rings. The lowest BCUT2D eigenvalue weighted by Crippen LogP contribution is -2.39. The Bertz CT molecular complexity index is 531. The number of rotatable bonds is 6. The fraction of sp³-hybridized carbons (Fsp3) is 0.444. The highest BCUT2D eigenvalue weighted by atomic mass is 32.2. The van der Waals surface area contributed by atoms with E-state index < -0.39 is 35.2 Å². The topological polar surface area (TPSA) is 124 Å².